The van der Waals surface area contributed by atoms with Gasteiger partial charge < -0.3 is 20.9 Å². The first kappa shape index (κ1) is 21.7. The van der Waals surface area contributed by atoms with Crippen molar-refractivity contribution in [2.75, 3.05) is 26.7 Å². The number of carbonyl (C=O) groups excluding carboxylic acids is 1. The number of carbonyl (C=O) groups is 1. The summed E-state index contributed by atoms with van der Waals surface area (Å²) in [5.41, 5.74) is 2.98. The lowest BCUT2D eigenvalue weighted by Crippen LogP contribution is -2.42. The number of nitrogens with zero attached hydrogens (tertiary/aromatic N) is 2. The number of hydrogen-bond acceptors (Lipinski definition) is 3. The maximum Gasteiger partial charge on any atom is 0.252 e. The number of aromatic nitrogens is 2. The van der Waals surface area contributed by atoms with Crippen molar-refractivity contribution in [3.05, 3.63) is 66.1 Å². The monoisotopic (exact) mass is 492 g/mol. The molecule has 0 bridgehead atoms. The van der Waals surface area contributed by atoms with E-state index in [9.17, 15) is 4.79 Å². The Hall–Kier alpha value is -2.62. The summed E-state index contributed by atoms with van der Waals surface area (Å²) in [7, 11) is 1.73. The van der Waals surface area contributed by atoms with Crippen molar-refractivity contribution in [1.82, 2.24) is 25.9 Å². The molecule has 0 aliphatic heterocycles. The van der Waals surface area contributed by atoms with Crippen LogP contribution in [0.4, 0.5) is 0 Å². The number of guanidine groups is 1. The second kappa shape index (κ2) is 11.3. The Kier molecular flexibility index (Phi) is 8.73. The molecule has 1 amide bonds. The molecule has 8 heteroatoms. The van der Waals surface area contributed by atoms with E-state index in [4.69, 9.17) is 0 Å². The van der Waals surface area contributed by atoms with Crippen LogP contribution in [-0.2, 0) is 6.42 Å². The molecule has 148 valence electrons. The van der Waals surface area contributed by atoms with Gasteiger partial charge in [-0.2, -0.15) is 0 Å². The summed E-state index contributed by atoms with van der Waals surface area (Å²) in [6.45, 7) is 1.85. The van der Waals surface area contributed by atoms with E-state index in [1.807, 2.05) is 12.1 Å². The first-order chi connectivity index (χ1) is 13.3. The third-order valence-electron chi connectivity index (χ3n) is 4.21. The molecule has 0 saturated heterocycles. The van der Waals surface area contributed by atoms with Gasteiger partial charge >= 0.3 is 0 Å². The summed E-state index contributed by atoms with van der Waals surface area (Å²) in [5, 5.41) is 10.6. The molecule has 0 saturated carbocycles. The molecule has 4 N–H and O–H groups in total. The van der Waals surface area contributed by atoms with Gasteiger partial charge in [0.05, 0.1) is 5.56 Å². The third-order valence-corrected chi connectivity index (χ3v) is 4.21. The lowest BCUT2D eigenvalue weighted by Gasteiger charge is -2.12. The minimum atomic E-state index is -0.132. The van der Waals surface area contributed by atoms with Gasteiger partial charge in [0.15, 0.2) is 5.96 Å². The van der Waals surface area contributed by atoms with Crippen molar-refractivity contribution in [3.8, 4) is 0 Å². The first-order valence-electron chi connectivity index (χ1n) is 8.95. The highest BCUT2D eigenvalue weighted by Gasteiger charge is 2.05. The summed E-state index contributed by atoms with van der Waals surface area (Å²) in [4.78, 5) is 23.4. The number of nitrogens with one attached hydrogen (secondary N) is 4. The van der Waals surface area contributed by atoms with Crippen LogP contribution in [0.15, 0.2) is 60.0 Å². The van der Waals surface area contributed by atoms with Crippen LogP contribution in [0.25, 0.3) is 10.9 Å². The molecule has 2 aromatic heterocycles. The van der Waals surface area contributed by atoms with E-state index in [0.717, 1.165) is 18.5 Å². The number of para-hydroxylation sites is 1. The van der Waals surface area contributed by atoms with Crippen molar-refractivity contribution in [3.63, 3.8) is 0 Å². The molecule has 2 heterocycles. The minimum Gasteiger partial charge on any atom is -0.361 e. The fraction of sp³-hybridized carbons (Fsp3) is 0.250. The number of hydrogen-bond donors (Lipinski definition) is 4. The van der Waals surface area contributed by atoms with Gasteiger partial charge in [-0.05, 0) is 30.2 Å². The summed E-state index contributed by atoms with van der Waals surface area (Å²) in [6, 6.07) is 11.8. The van der Waals surface area contributed by atoms with Gasteiger partial charge in [-0.25, -0.2) is 0 Å². The quantitative estimate of drug-likeness (QED) is 0.176. The molecule has 28 heavy (non-hydrogen) atoms. The molecule has 0 unspecified atom stereocenters. The number of aromatic amines is 1. The highest BCUT2D eigenvalue weighted by Crippen LogP contribution is 2.17. The normalized spacial score (nSPS) is 11.0. The summed E-state index contributed by atoms with van der Waals surface area (Å²) < 4.78 is 0. The number of rotatable bonds is 7. The van der Waals surface area contributed by atoms with Crippen molar-refractivity contribution in [2.45, 2.75) is 6.42 Å². The summed E-state index contributed by atoms with van der Waals surface area (Å²) in [6.07, 6.45) is 6.14. The largest absolute Gasteiger partial charge is 0.361 e. The standard InChI is InChI=1S/C20H24N6O.HI/c1-21-20(25-12-11-23-19(27)16-5-4-9-22-13-16)24-10-8-15-14-26-18-7-3-2-6-17(15)18;/h2-7,9,13-14,26H,8,10-12H2,1H3,(H,23,27)(H2,21,24,25);1H. The van der Waals surface area contributed by atoms with Crippen LogP contribution < -0.4 is 16.0 Å². The highest BCUT2D eigenvalue weighted by molar-refractivity contribution is 14.0. The highest BCUT2D eigenvalue weighted by atomic mass is 127. The Labute approximate surface area is 181 Å². The predicted molar refractivity (Wildman–Crippen MR) is 123 cm³/mol. The van der Waals surface area contributed by atoms with Crippen molar-refractivity contribution in [1.29, 1.82) is 0 Å². The molecule has 0 fully saturated rings. The smallest absolute Gasteiger partial charge is 0.252 e. The zero-order valence-corrected chi connectivity index (χ0v) is 18.1. The van der Waals surface area contributed by atoms with Crippen LogP contribution in [0.1, 0.15) is 15.9 Å². The van der Waals surface area contributed by atoms with Crippen LogP contribution in [0.3, 0.4) is 0 Å². The van der Waals surface area contributed by atoms with Gasteiger partial charge in [-0.3, -0.25) is 14.8 Å². The predicted octanol–water partition coefficient (Wildman–Crippen LogP) is 2.32. The molecule has 0 aliphatic carbocycles. The first-order valence-corrected chi connectivity index (χ1v) is 8.95. The van der Waals surface area contributed by atoms with Crippen molar-refractivity contribution >= 4 is 46.7 Å². The molecule has 0 spiro atoms. The Balaban J connectivity index is 0.00000280. The minimum absolute atomic E-state index is 0. The van der Waals surface area contributed by atoms with Gasteiger partial charge in [0, 0.05) is 56.2 Å². The van der Waals surface area contributed by atoms with E-state index >= 15 is 0 Å². The van der Waals surface area contributed by atoms with Crippen LogP contribution >= 0.6 is 24.0 Å². The van der Waals surface area contributed by atoms with Gasteiger partial charge in [-0.15, -0.1) is 24.0 Å². The Morgan fingerprint density at radius 1 is 1.07 bits per heavy atom. The molecule has 7 nitrogen and oxygen atoms in total. The number of aliphatic imine (C=N–C) groups is 1. The number of pyridine rings is 1. The van der Waals surface area contributed by atoms with Crippen LogP contribution in [0.5, 0.6) is 0 Å². The van der Waals surface area contributed by atoms with Gasteiger partial charge in [-0.1, -0.05) is 18.2 Å². The van der Waals surface area contributed by atoms with E-state index in [1.165, 1.54) is 10.9 Å². The lowest BCUT2D eigenvalue weighted by atomic mass is 10.1. The summed E-state index contributed by atoms with van der Waals surface area (Å²) >= 11 is 0. The van der Waals surface area contributed by atoms with E-state index in [1.54, 1.807) is 31.6 Å². The number of amides is 1. The molecule has 3 rings (SSSR count). The average molecular weight is 492 g/mol. The Morgan fingerprint density at radius 2 is 1.86 bits per heavy atom. The molecule has 0 radical (unpaired) electrons. The van der Waals surface area contributed by atoms with Gasteiger partial charge in [0.1, 0.15) is 0 Å². The number of halogens is 1. The van der Waals surface area contributed by atoms with E-state index in [0.29, 0.717) is 24.6 Å². The van der Waals surface area contributed by atoms with E-state index < -0.39 is 0 Å². The molecular formula is C20H25IN6O. The second-order valence-corrected chi connectivity index (χ2v) is 6.03. The zero-order chi connectivity index (χ0) is 18.9. The van der Waals surface area contributed by atoms with Crippen LogP contribution in [0, 0.1) is 0 Å². The molecule has 0 atom stereocenters. The second-order valence-electron chi connectivity index (χ2n) is 6.03. The Morgan fingerprint density at radius 3 is 2.64 bits per heavy atom. The third kappa shape index (κ3) is 5.95. The number of benzene rings is 1. The molecular weight excluding hydrogens is 467 g/mol. The van der Waals surface area contributed by atoms with Gasteiger partial charge in [0.25, 0.3) is 5.91 Å². The topological polar surface area (TPSA) is 94.2 Å². The summed E-state index contributed by atoms with van der Waals surface area (Å²) in [5.74, 6) is 0.581. The van der Waals surface area contributed by atoms with Crippen LogP contribution in [0.2, 0.25) is 0 Å². The average Bonchev–Trinajstić information content (AvgIpc) is 3.13. The van der Waals surface area contributed by atoms with E-state index in [2.05, 4.69) is 49.2 Å². The maximum absolute atomic E-state index is 11.9. The van der Waals surface area contributed by atoms with Crippen LogP contribution in [-0.4, -0.2) is 48.5 Å². The van der Waals surface area contributed by atoms with Crippen molar-refractivity contribution < 1.29 is 4.79 Å². The molecule has 1 aromatic carbocycles. The Bertz CT molecular complexity index is 909. The van der Waals surface area contributed by atoms with E-state index in [-0.39, 0.29) is 29.9 Å². The number of H-pyrrole nitrogens is 1. The fourth-order valence-corrected chi connectivity index (χ4v) is 2.83. The van der Waals surface area contributed by atoms with Gasteiger partial charge in [0.2, 0.25) is 0 Å². The maximum atomic E-state index is 11.9. The van der Waals surface area contributed by atoms with Crippen molar-refractivity contribution in [2.24, 2.45) is 4.99 Å². The fourth-order valence-electron chi connectivity index (χ4n) is 2.83. The SMILES string of the molecule is CN=C(NCCNC(=O)c1cccnc1)NCCc1c[nH]c2ccccc12.I. The lowest BCUT2D eigenvalue weighted by molar-refractivity contribution is 0.0954. The number of fused-ring (bicyclic) bond motifs is 1. The molecule has 3 aromatic rings. The molecule has 0 aliphatic rings. The zero-order valence-electron chi connectivity index (χ0n) is 15.7.